The van der Waals surface area contributed by atoms with Crippen molar-refractivity contribution in [2.45, 2.75) is 13.0 Å². The van der Waals surface area contributed by atoms with Crippen molar-refractivity contribution >= 4 is 17.6 Å². The Morgan fingerprint density at radius 2 is 2.14 bits per heavy atom. The molecule has 0 saturated carbocycles. The first-order valence-electron chi connectivity index (χ1n) is 6.71. The van der Waals surface area contributed by atoms with E-state index in [0.717, 1.165) is 35.3 Å². The lowest BCUT2D eigenvalue weighted by molar-refractivity contribution is 0.672. The Morgan fingerprint density at radius 1 is 1.33 bits per heavy atom. The fourth-order valence-corrected chi connectivity index (χ4v) is 2.11. The maximum Gasteiger partial charge on any atom is 0.191 e. The van der Waals surface area contributed by atoms with E-state index in [1.165, 1.54) is 6.33 Å². The van der Waals surface area contributed by atoms with E-state index in [9.17, 15) is 0 Å². The summed E-state index contributed by atoms with van der Waals surface area (Å²) in [5.74, 6) is 1.58. The van der Waals surface area contributed by atoms with Crippen LogP contribution in [0, 0.1) is 0 Å². The number of hydrogen-bond acceptors (Lipinski definition) is 3. The Balaban J connectivity index is 1.78. The van der Waals surface area contributed by atoms with Crippen molar-refractivity contribution in [1.29, 1.82) is 0 Å². The second kappa shape index (κ2) is 7.64. The number of aromatic nitrogens is 3. The number of hydrogen-bond donors (Lipinski definition) is 2. The summed E-state index contributed by atoms with van der Waals surface area (Å²) in [6, 6.07) is 7.85. The predicted octanol–water partition coefficient (Wildman–Crippen LogP) is 1.38. The highest BCUT2D eigenvalue weighted by Crippen LogP contribution is 2.14. The van der Waals surface area contributed by atoms with Crippen LogP contribution in [-0.4, -0.2) is 34.3 Å². The summed E-state index contributed by atoms with van der Waals surface area (Å²) in [6.07, 6.45) is 2.37. The SMILES string of the molecule is CN=C(NCCc1ccccc1Cl)NCc1ncnn1C. The maximum absolute atomic E-state index is 6.13. The molecular formula is C14H19ClN6. The van der Waals surface area contributed by atoms with Gasteiger partial charge in [-0.3, -0.25) is 9.67 Å². The lowest BCUT2D eigenvalue weighted by Crippen LogP contribution is -2.38. The third-order valence-electron chi connectivity index (χ3n) is 3.09. The Kier molecular flexibility index (Phi) is 5.57. The van der Waals surface area contributed by atoms with Crippen molar-refractivity contribution in [3.8, 4) is 0 Å². The molecule has 21 heavy (non-hydrogen) atoms. The molecule has 2 N–H and O–H groups in total. The number of rotatable bonds is 5. The Morgan fingerprint density at radius 3 is 2.81 bits per heavy atom. The van der Waals surface area contributed by atoms with E-state index >= 15 is 0 Å². The zero-order valence-corrected chi connectivity index (χ0v) is 12.9. The van der Waals surface area contributed by atoms with E-state index in [1.807, 2.05) is 31.3 Å². The molecule has 0 amide bonds. The van der Waals surface area contributed by atoms with Gasteiger partial charge in [-0.05, 0) is 18.1 Å². The quantitative estimate of drug-likeness (QED) is 0.647. The highest BCUT2D eigenvalue weighted by molar-refractivity contribution is 6.31. The smallest absolute Gasteiger partial charge is 0.191 e. The van der Waals surface area contributed by atoms with Crippen LogP contribution in [0.2, 0.25) is 5.02 Å². The third kappa shape index (κ3) is 4.46. The monoisotopic (exact) mass is 306 g/mol. The summed E-state index contributed by atoms with van der Waals surface area (Å²) < 4.78 is 1.73. The third-order valence-corrected chi connectivity index (χ3v) is 3.46. The Hall–Kier alpha value is -2.08. The molecule has 0 aliphatic heterocycles. The zero-order valence-electron chi connectivity index (χ0n) is 12.2. The highest BCUT2D eigenvalue weighted by atomic mass is 35.5. The summed E-state index contributed by atoms with van der Waals surface area (Å²) in [5, 5.41) is 11.3. The molecule has 0 spiro atoms. The second-order valence-electron chi connectivity index (χ2n) is 4.49. The molecule has 0 unspecified atom stereocenters. The molecule has 112 valence electrons. The maximum atomic E-state index is 6.13. The number of benzene rings is 1. The highest BCUT2D eigenvalue weighted by Gasteiger charge is 2.03. The van der Waals surface area contributed by atoms with Crippen LogP contribution >= 0.6 is 11.6 Å². The summed E-state index contributed by atoms with van der Waals surface area (Å²) in [5.41, 5.74) is 1.12. The molecule has 0 bridgehead atoms. The molecule has 7 heteroatoms. The molecule has 0 aliphatic carbocycles. The van der Waals surface area contributed by atoms with Crippen LogP contribution in [-0.2, 0) is 20.0 Å². The van der Waals surface area contributed by atoms with Gasteiger partial charge in [0.25, 0.3) is 0 Å². The molecule has 0 fully saturated rings. The first kappa shape index (κ1) is 15.3. The van der Waals surface area contributed by atoms with Gasteiger partial charge < -0.3 is 10.6 Å². The zero-order chi connectivity index (χ0) is 15.1. The van der Waals surface area contributed by atoms with Gasteiger partial charge in [0.05, 0.1) is 6.54 Å². The lowest BCUT2D eigenvalue weighted by Gasteiger charge is -2.12. The van der Waals surface area contributed by atoms with E-state index in [1.54, 1.807) is 11.7 Å². The van der Waals surface area contributed by atoms with E-state index in [2.05, 4.69) is 25.7 Å². The summed E-state index contributed by atoms with van der Waals surface area (Å²) in [6.45, 7) is 1.32. The Bertz CT molecular complexity index is 607. The summed E-state index contributed by atoms with van der Waals surface area (Å²) >= 11 is 6.13. The fraction of sp³-hybridized carbons (Fsp3) is 0.357. The van der Waals surface area contributed by atoms with Crippen LogP contribution in [0.1, 0.15) is 11.4 Å². The van der Waals surface area contributed by atoms with Crippen molar-refractivity contribution in [2.75, 3.05) is 13.6 Å². The van der Waals surface area contributed by atoms with Crippen molar-refractivity contribution in [1.82, 2.24) is 25.4 Å². The molecule has 0 radical (unpaired) electrons. The first-order chi connectivity index (χ1) is 10.2. The summed E-state index contributed by atoms with van der Waals surface area (Å²) in [7, 11) is 3.60. The van der Waals surface area contributed by atoms with Gasteiger partial charge in [0, 0.05) is 25.7 Å². The molecule has 1 aromatic heterocycles. The minimum Gasteiger partial charge on any atom is -0.356 e. The number of aliphatic imine (C=N–C) groups is 1. The van der Waals surface area contributed by atoms with Gasteiger partial charge in [-0.25, -0.2) is 4.98 Å². The minimum absolute atomic E-state index is 0.572. The predicted molar refractivity (Wildman–Crippen MR) is 84.4 cm³/mol. The molecule has 1 heterocycles. The van der Waals surface area contributed by atoms with Gasteiger partial charge in [-0.1, -0.05) is 29.8 Å². The molecule has 1 aromatic carbocycles. The van der Waals surface area contributed by atoms with Crippen LogP contribution in [0.4, 0.5) is 0 Å². The van der Waals surface area contributed by atoms with Crippen LogP contribution in [0.15, 0.2) is 35.6 Å². The lowest BCUT2D eigenvalue weighted by atomic mass is 10.1. The number of nitrogens with one attached hydrogen (secondary N) is 2. The topological polar surface area (TPSA) is 67.1 Å². The van der Waals surface area contributed by atoms with E-state index < -0.39 is 0 Å². The van der Waals surface area contributed by atoms with E-state index in [-0.39, 0.29) is 0 Å². The minimum atomic E-state index is 0.572. The number of aryl methyl sites for hydroxylation is 1. The van der Waals surface area contributed by atoms with Crippen molar-refractivity contribution in [3.63, 3.8) is 0 Å². The fourth-order valence-electron chi connectivity index (χ4n) is 1.88. The molecule has 2 aromatic rings. The number of nitrogens with zero attached hydrogens (tertiary/aromatic N) is 4. The summed E-state index contributed by atoms with van der Waals surface area (Å²) in [4.78, 5) is 8.33. The number of halogens is 1. The molecule has 0 saturated heterocycles. The van der Waals surface area contributed by atoms with Gasteiger partial charge >= 0.3 is 0 Å². The van der Waals surface area contributed by atoms with Gasteiger partial charge in [-0.2, -0.15) is 5.10 Å². The van der Waals surface area contributed by atoms with Gasteiger partial charge in [0.2, 0.25) is 0 Å². The number of guanidine groups is 1. The van der Waals surface area contributed by atoms with Crippen LogP contribution < -0.4 is 10.6 Å². The first-order valence-corrected chi connectivity index (χ1v) is 7.09. The largest absolute Gasteiger partial charge is 0.356 e. The average Bonchev–Trinajstić information content (AvgIpc) is 2.90. The molecule has 2 rings (SSSR count). The molecule has 6 nitrogen and oxygen atoms in total. The van der Waals surface area contributed by atoms with Gasteiger partial charge in [0.15, 0.2) is 5.96 Å². The Labute approximate surface area is 129 Å². The van der Waals surface area contributed by atoms with Crippen LogP contribution in [0.5, 0.6) is 0 Å². The molecule has 0 aliphatic rings. The molecular weight excluding hydrogens is 288 g/mol. The van der Waals surface area contributed by atoms with Crippen LogP contribution in [0.3, 0.4) is 0 Å². The van der Waals surface area contributed by atoms with E-state index in [0.29, 0.717) is 6.54 Å². The molecule has 0 atom stereocenters. The standard InChI is InChI=1S/C14H19ClN6/c1-16-14(18-9-13-19-10-20-21(13)2)17-8-7-11-5-3-4-6-12(11)15/h3-6,10H,7-9H2,1-2H3,(H2,16,17,18). The van der Waals surface area contributed by atoms with Gasteiger partial charge in [-0.15, -0.1) is 0 Å². The average molecular weight is 307 g/mol. The normalized spacial score (nSPS) is 11.5. The van der Waals surface area contributed by atoms with Crippen molar-refractivity contribution < 1.29 is 0 Å². The van der Waals surface area contributed by atoms with E-state index in [4.69, 9.17) is 11.6 Å². The van der Waals surface area contributed by atoms with Gasteiger partial charge in [0.1, 0.15) is 12.2 Å². The second-order valence-corrected chi connectivity index (χ2v) is 4.90. The van der Waals surface area contributed by atoms with Crippen molar-refractivity contribution in [2.24, 2.45) is 12.0 Å². The van der Waals surface area contributed by atoms with Crippen molar-refractivity contribution in [3.05, 3.63) is 47.0 Å². The van der Waals surface area contributed by atoms with Crippen LogP contribution in [0.25, 0.3) is 0 Å².